The third-order valence-corrected chi connectivity index (χ3v) is 14.7. The number of fused-ring (bicyclic) bond motifs is 11. The molecule has 0 saturated carbocycles. The average Bonchev–Trinajstić information content (AvgIpc) is 4.04. The largest absolute Gasteiger partial charge is 0.456 e. The van der Waals surface area contributed by atoms with Crippen molar-refractivity contribution in [3.8, 4) is 56.2 Å². The van der Waals surface area contributed by atoms with Crippen LogP contribution in [0.4, 0.5) is 0 Å². The minimum Gasteiger partial charge on any atom is -0.456 e. The molecule has 0 spiro atoms. The Hall–Kier alpha value is -8.67. The summed E-state index contributed by atoms with van der Waals surface area (Å²) in [4.78, 5) is 15.5. The summed E-state index contributed by atoms with van der Waals surface area (Å²) < 4.78 is 8.91. The lowest BCUT2D eigenvalue weighted by atomic mass is 9.82. The quantitative estimate of drug-likeness (QED) is 0.167. The topological polar surface area (TPSA) is 56.7 Å². The third-order valence-electron chi connectivity index (χ3n) is 14.7. The Labute approximate surface area is 399 Å². The monoisotopic (exact) mass is 884 g/mol. The zero-order chi connectivity index (χ0) is 45.8. The summed E-state index contributed by atoms with van der Waals surface area (Å²) >= 11 is 0. The first-order valence-electron chi connectivity index (χ1n) is 23.9. The van der Waals surface area contributed by atoms with Crippen molar-refractivity contribution in [1.82, 2.24) is 19.5 Å². The first-order valence-corrected chi connectivity index (χ1v) is 23.9. The van der Waals surface area contributed by atoms with Crippen LogP contribution in [0.15, 0.2) is 217 Å². The van der Waals surface area contributed by atoms with Gasteiger partial charge in [-0.3, -0.25) is 0 Å². The lowest BCUT2D eigenvalue weighted by Crippen LogP contribution is -2.14. The molecule has 1 atom stereocenters. The zero-order valence-electron chi connectivity index (χ0n) is 38.2. The molecule has 9 aromatic carbocycles. The fourth-order valence-corrected chi connectivity index (χ4v) is 11.4. The predicted octanol–water partition coefficient (Wildman–Crippen LogP) is 16.6. The molecule has 0 amide bonds. The van der Waals surface area contributed by atoms with Crippen molar-refractivity contribution in [3.05, 3.63) is 229 Å². The fraction of sp³-hybridized carbons (Fsp3) is 0.0781. The van der Waals surface area contributed by atoms with Crippen LogP contribution in [0.2, 0.25) is 0 Å². The molecule has 14 rings (SSSR count). The van der Waals surface area contributed by atoms with E-state index in [1.165, 1.54) is 77.1 Å². The van der Waals surface area contributed by atoms with Gasteiger partial charge in [0.2, 0.25) is 0 Å². The van der Waals surface area contributed by atoms with E-state index in [1.54, 1.807) is 0 Å². The van der Waals surface area contributed by atoms with Gasteiger partial charge in [0.25, 0.3) is 0 Å². The highest BCUT2D eigenvalue weighted by atomic mass is 16.3. The van der Waals surface area contributed by atoms with Crippen LogP contribution in [-0.2, 0) is 5.41 Å². The average molecular weight is 885 g/mol. The van der Waals surface area contributed by atoms with Crippen LogP contribution >= 0.6 is 0 Å². The summed E-state index contributed by atoms with van der Waals surface area (Å²) in [5, 5.41) is 7.13. The van der Waals surface area contributed by atoms with Crippen molar-refractivity contribution in [2.75, 3.05) is 0 Å². The molecule has 0 fully saturated rings. The van der Waals surface area contributed by atoms with Gasteiger partial charge in [-0.15, -0.1) is 0 Å². The maximum Gasteiger partial charge on any atom is 0.164 e. The predicted molar refractivity (Wildman–Crippen MR) is 284 cm³/mol. The molecule has 1 unspecified atom stereocenters. The van der Waals surface area contributed by atoms with Crippen LogP contribution in [0, 0.1) is 0 Å². The molecular formula is C64H44N4O. The fourth-order valence-electron chi connectivity index (χ4n) is 11.4. The van der Waals surface area contributed by atoms with E-state index in [2.05, 4.69) is 194 Å². The van der Waals surface area contributed by atoms with E-state index in [0.29, 0.717) is 17.5 Å². The number of para-hydroxylation sites is 2. The first-order chi connectivity index (χ1) is 33.9. The molecule has 2 aliphatic rings. The van der Waals surface area contributed by atoms with Crippen LogP contribution in [0.3, 0.4) is 0 Å². The highest BCUT2D eigenvalue weighted by Gasteiger charge is 2.35. The first kappa shape index (κ1) is 39.5. The van der Waals surface area contributed by atoms with Crippen LogP contribution < -0.4 is 0 Å². The summed E-state index contributed by atoms with van der Waals surface area (Å²) in [5.41, 5.74) is 17.0. The van der Waals surface area contributed by atoms with E-state index in [9.17, 15) is 0 Å². The van der Waals surface area contributed by atoms with Crippen molar-refractivity contribution in [1.29, 1.82) is 0 Å². The molecule has 12 aromatic rings. The molecule has 0 N–H and O–H groups in total. The summed E-state index contributed by atoms with van der Waals surface area (Å²) in [6.45, 7) is 4.68. The van der Waals surface area contributed by atoms with E-state index in [0.717, 1.165) is 45.1 Å². The second-order valence-corrected chi connectivity index (χ2v) is 19.1. The lowest BCUT2D eigenvalue weighted by molar-refractivity contribution is 0.650. The number of aromatic nitrogens is 4. The van der Waals surface area contributed by atoms with Crippen molar-refractivity contribution >= 4 is 60.1 Å². The van der Waals surface area contributed by atoms with Gasteiger partial charge in [-0.2, -0.15) is 0 Å². The van der Waals surface area contributed by atoms with Crippen molar-refractivity contribution in [2.45, 2.75) is 31.7 Å². The molecule has 0 saturated heterocycles. The molecular weight excluding hydrogens is 841 g/mol. The molecule has 3 aromatic heterocycles. The molecule has 5 nitrogen and oxygen atoms in total. The van der Waals surface area contributed by atoms with Gasteiger partial charge in [0.15, 0.2) is 17.5 Å². The van der Waals surface area contributed by atoms with E-state index < -0.39 is 0 Å². The van der Waals surface area contributed by atoms with E-state index in [4.69, 9.17) is 19.4 Å². The number of nitrogens with zero attached hydrogens (tertiary/aromatic N) is 4. The maximum absolute atomic E-state index is 6.34. The van der Waals surface area contributed by atoms with Gasteiger partial charge in [0.1, 0.15) is 11.2 Å². The maximum atomic E-state index is 6.34. The molecule has 0 radical (unpaired) electrons. The number of allylic oxidation sites excluding steroid dienone is 4. The molecule has 326 valence electrons. The van der Waals surface area contributed by atoms with Crippen molar-refractivity contribution < 1.29 is 4.42 Å². The highest BCUT2D eigenvalue weighted by molar-refractivity contribution is 6.23. The van der Waals surface area contributed by atoms with Crippen molar-refractivity contribution in [2.24, 2.45) is 0 Å². The van der Waals surface area contributed by atoms with Crippen LogP contribution in [-0.4, -0.2) is 19.5 Å². The van der Waals surface area contributed by atoms with Gasteiger partial charge in [0, 0.05) is 49.2 Å². The van der Waals surface area contributed by atoms with Gasteiger partial charge in [-0.1, -0.05) is 190 Å². The third kappa shape index (κ3) is 6.20. The second kappa shape index (κ2) is 15.2. The normalized spacial score (nSPS) is 15.0. The van der Waals surface area contributed by atoms with Crippen LogP contribution in [0.5, 0.6) is 0 Å². The summed E-state index contributed by atoms with van der Waals surface area (Å²) in [7, 11) is 0. The SMILES string of the molecule is CC1(C)c2ccccc2-c2cc(-c3cccc(-c4cccc5c6c7ccccc7ccc6n(C6C=C(c7nc(-c8ccccc8)nc(-c8ccc9c(c8)oc8ccccc89)n7)C=CC6)c45)c3)ccc21. The van der Waals surface area contributed by atoms with E-state index in [1.807, 2.05) is 36.4 Å². The molecule has 0 aliphatic heterocycles. The van der Waals surface area contributed by atoms with Gasteiger partial charge < -0.3 is 8.98 Å². The highest BCUT2D eigenvalue weighted by Crippen LogP contribution is 2.50. The second-order valence-electron chi connectivity index (χ2n) is 19.1. The van der Waals surface area contributed by atoms with E-state index in [-0.39, 0.29) is 11.5 Å². The number of rotatable bonds is 6. The summed E-state index contributed by atoms with van der Waals surface area (Å²) in [6, 6.07) is 69.8. The Morgan fingerprint density at radius 3 is 2.06 bits per heavy atom. The Morgan fingerprint density at radius 2 is 1.14 bits per heavy atom. The molecule has 3 heterocycles. The van der Waals surface area contributed by atoms with Crippen molar-refractivity contribution in [3.63, 3.8) is 0 Å². The number of furan rings is 1. The van der Waals surface area contributed by atoms with Gasteiger partial charge in [-0.05, 0) is 92.5 Å². The Balaban J connectivity index is 0.934. The lowest BCUT2D eigenvalue weighted by Gasteiger charge is -2.22. The number of hydrogen-bond acceptors (Lipinski definition) is 4. The molecule has 0 bridgehead atoms. The Kier molecular flexibility index (Phi) is 8.69. The van der Waals surface area contributed by atoms with E-state index >= 15 is 0 Å². The smallest absolute Gasteiger partial charge is 0.164 e. The summed E-state index contributed by atoms with van der Waals surface area (Å²) in [5.74, 6) is 1.85. The summed E-state index contributed by atoms with van der Waals surface area (Å²) in [6.07, 6.45) is 7.63. The van der Waals surface area contributed by atoms with Crippen LogP contribution in [0.1, 0.15) is 43.3 Å². The van der Waals surface area contributed by atoms with Gasteiger partial charge >= 0.3 is 0 Å². The molecule has 2 aliphatic carbocycles. The Bertz CT molecular complexity index is 4150. The Morgan fingerprint density at radius 1 is 0.478 bits per heavy atom. The zero-order valence-corrected chi connectivity index (χ0v) is 38.2. The van der Waals surface area contributed by atoms with Gasteiger partial charge in [-0.25, -0.2) is 15.0 Å². The molecule has 5 heteroatoms. The van der Waals surface area contributed by atoms with Gasteiger partial charge in [0.05, 0.1) is 17.1 Å². The van der Waals surface area contributed by atoms with Crippen LogP contribution in [0.25, 0.3) is 116 Å². The number of hydrogen-bond donors (Lipinski definition) is 0. The minimum absolute atomic E-state index is 0.0384. The minimum atomic E-state index is -0.0390. The molecule has 69 heavy (non-hydrogen) atoms. The standard InChI is InChI=1S/C64H44N4O/c1-64(2)54-27-10-8-23-49(54)53-37-42(30-33-55(53)64)41-18-12-19-43(35-41)48-25-14-26-52-59-47-22-7-6-15-39(47)31-34-56(59)68(60(48)52)46-21-13-20-44(36-46)62-65-61(40-16-4-3-5-17-40)66-63(67-62)45-29-32-51-50-24-9-11-28-57(50)69-58(51)38-45/h3-20,22-38,46H,21H2,1-2H3. The number of benzene rings is 9.